The Labute approximate surface area is 215 Å². The number of hydrogen-bond donors (Lipinski definition) is 2. The van der Waals surface area contributed by atoms with Gasteiger partial charge in [-0.15, -0.1) is 5.10 Å². The van der Waals surface area contributed by atoms with Crippen molar-refractivity contribution in [2.24, 2.45) is 13.0 Å². The molecule has 0 fully saturated rings. The molecule has 2 N–H and O–H groups in total. The Morgan fingerprint density at radius 2 is 1.73 bits per heavy atom. The Hall–Kier alpha value is -4.46. The summed E-state index contributed by atoms with van der Waals surface area (Å²) in [5.41, 5.74) is 6.33. The summed E-state index contributed by atoms with van der Waals surface area (Å²) in [6.07, 6.45) is 3.74. The van der Waals surface area contributed by atoms with Crippen molar-refractivity contribution in [1.82, 2.24) is 24.5 Å². The molecule has 0 bridgehead atoms. The standard InChI is InChI=1S/C29H30N6O2/c1-17(2)27(36)32-29-31-26-12-10-22(15-35(26)33-29)21-9-11-25-23(14-21)24(16-34(25)5)28(37)30-19(4)20-8-6-7-18(3)13-20/h6-17,19H,1-5H3,(H,30,37)(H,32,33,36)/t19-/m0/s1. The van der Waals surface area contributed by atoms with Gasteiger partial charge in [0.1, 0.15) is 0 Å². The predicted molar refractivity (Wildman–Crippen MR) is 145 cm³/mol. The number of nitrogens with one attached hydrogen (secondary N) is 2. The second-order valence-corrected chi connectivity index (χ2v) is 9.79. The van der Waals surface area contributed by atoms with E-state index in [2.05, 4.69) is 26.8 Å². The van der Waals surface area contributed by atoms with E-state index in [1.807, 2.05) is 100 Å². The zero-order valence-electron chi connectivity index (χ0n) is 21.6. The first-order chi connectivity index (χ1) is 17.7. The maximum atomic E-state index is 13.3. The highest BCUT2D eigenvalue weighted by molar-refractivity contribution is 6.08. The summed E-state index contributed by atoms with van der Waals surface area (Å²) < 4.78 is 3.62. The largest absolute Gasteiger partial charge is 0.350 e. The number of nitrogens with zero attached hydrogens (tertiary/aromatic N) is 4. The lowest BCUT2D eigenvalue weighted by molar-refractivity contribution is -0.118. The summed E-state index contributed by atoms with van der Waals surface area (Å²) in [5, 5.41) is 11.2. The van der Waals surface area contributed by atoms with Crippen molar-refractivity contribution in [3.05, 3.63) is 83.7 Å². The molecule has 1 atom stereocenters. The lowest BCUT2D eigenvalue weighted by atomic mass is 10.0. The van der Waals surface area contributed by atoms with Crippen molar-refractivity contribution in [3.8, 4) is 11.1 Å². The molecule has 0 radical (unpaired) electrons. The van der Waals surface area contributed by atoms with Crippen LogP contribution < -0.4 is 10.6 Å². The van der Waals surface area contributed by atoms with Gasteiger partial charge in [0, 0.05) is 41.8 Å². The van der Waals surface area contributed by atoms with E-state index < -0.39 is 0 Å². The maximum absolute atomic E-state index is 13.3. The first kappa shape index (κ1) is 24.2. The van der Waals surface area contributed by atoms with Gasteiger partial charge in [-0.1, -0.05) is 49.7 Å². The second kappa shape index (κ2) is 9.54. The van der Waals surface area contributed by atoms with Crippen LogP contribution in [0, 0.1) is 12.8 Å². The molecule has 2 aromatic carbocycles. The van der Waals surface area contributed by atoms with E-state index in [1.165, 1.54) is 0 Å². The monoisotopic (exact) mass is 494 g/mol. The van der Waals surface area contributed by atoms with Crippen LogP contribution in [0.4, 0.5) is 5.95 Å². The van der Waals surface area contributed by atoms with Gasteiger partial charge in [-0.3, -0.25) is 14.9 Å². The number of benzene rings is 2. The molecule has 188 valence electrons. The third-order valence-corrected chi connectivity index (χ3v) is 6.55. The molecule has 3 heterocycles. The van der Waals surface area contributed by atoms with Crippen molar-refractivity contribution >= 4 is 34.3 Å². The topological polar surface area (TPSA) is 93.3 Å². The van der Waals surface area contributed by atoms with Gasteiger partial charge in [-0.25, -0.2) is 4.52 Å². The molecule has 8 nitrogen and oxygen atoms in total. The van der Waals surface area contributed by atoms with Gasteiger partial charge in [0.05, 0.1) is 11.6 Å². The molecule has 0 unspecified atom stereocenters. The summed E-state index contributed by atoms with van der Waals surface area (Å²) in [5.74, 6) is -0.135. The molecule has 0 spiro atoms. The molecule has 0 saturated heterocycles. The van der Waals surface area contributed by atoms with E-state index in [0.29, 0.717) is 11.2 Å². The second-order valence-electron chi connectivity index (χ2n) is 9.79. The lowest BCUT2D eigenvalue weighted by Gasteiger charge is -2.14. The summed E-state index contributed by atoms with van der Waals surface area (Å²) in [6.45, 7) is 7.68. The Balaban J connectivity index is 1.45. The molecule has 0 aliphatic rings. The van der Waals surface area contributed by atoms with Gasteiger partial charge in [0.15, 0.2) is 5.65 Å². The van der Waals surface area contributed by atoms with E-state index in [9.17, 15) is 9.59 Å². The molecule has 5 aromatic rings. The minimum atomic E-state index is -0.161. The van der Waals surface area contributed by atoms with Crippen LogP contribution in [0.25, 0.3) is 27.7 Å². The maximum Gasteiger partial charge on any atom is 0.253 e. The zero-order chi connectivity index (χ0) is 26.3. The Kier molecular flexibility index (Phi) is 6.25. The summed E-state index contributed by atoms with van der Waals surface area (Å²) >= 11 is 0. The number of carbonyl (C=O) groups is 2. The lowest BCUT2D eigenvalue weighted by Crippen LogP contribution is -2.26. The SMILES string of the molecule is Cc1cccc([C@H](C)NC(=O)c2cn(C)c3ccc(-c4ccc5nc(NC(=O)C(C)C)nn5c4)cc23)c1. The molecular formula is C29H30N6O2. The van der Waals surface area contributed by atoms with E-state index in [0.717, 1.165) is 33.2 Å². The highest BCUT2D eigenvalue weighted by Crippen LogP contribution is 2.28. The number of pyridine rings is 1. The summed E-state index contributed by atoms with van der Waals surface area (Å²) in [4.78, 5) is 29.7. The smallest absolute Gasteiger partial charge is 0.253 e. The van der Waals surface area contributed by atoms with Gasteiger partial charge < -0.3 is 9.88 Å². The molecule has 0 aliphatic heterocycles. The number of aryl methyl sites for hydroxylation is 2. The quantitative estimate of drug-likeness (QED) is 0.336. The number of fused-ring (bicyclic) bond motifs is 2. The van der Waals surface area contributed by atoms with E-state index >= 15 is 0 Å². The van der Waals surface area contributed by atoms with Crippen molar-refractivity contribution < 1.29 is 9.59 Å². The number of amides is 2. The highest BCUT2D eigenvalue weighted by atomic mass is 16.2. The molecule has 0 aliphatic carbocycles. The van der Waals surface area contributed by atoms with Crippen molar-refractivity contribution in [1.29, 1.82) is 0 Å². The van der Waals surface area contributed by atoms with Gasteiger partial charge in [-0.2, -0.15) is 4.98 Å². The molecular weight excluding hydrogens is 464 g/mol. The van der Waals surface area contributed by atoms with Crippen LogP contribution in [-0.2, 0) is 11.8 Å². The molecule has 0 saturated carbocycles. The van der Waals surface area contributed by atoms with E-state index in [1.54, 1.807) is 4.52 Å². The van der Waals surface area contributed by atoms with Crippen LogP contribution in [0.5, 0.6) is 0 Å². The first-order valence-corrected chi connectivity index (χ1v) is 12.3. The van der Waals surface area contributed by atoms with Gasteiger partial charge in [-0.05, 0) is 49.2 Å². The van der Waals surface area contributed by atoms with Crippen molar-refractivity contribution in [2.75, 3.05) is 5.32 Å². The minimum Gasteiger partial charge on any atom is -0.350 e. The molecule has 3 aromatic heterocycles. The molecule has 2 amide bonds. The van der Waals surface area contributed by atoms with Crippen molar-refractivity contribution in [3.63, 3.8) is 0 Å². The average Bonchev–Trinajstić information content (AvgIpc) is 3.43. The first-order valence-electron chi connectivity index (χ1n) is 12.3. The number of carbonyl (C=O) groups excluding carboxylic acids is 2. The van der Waals surface area contributed by atoms with Crippen LogP contribution in [0.2, 0.25) is 0 Å². The predicted octanol–water partition coefficient (Wildman–Crippen LogP) is 5.28. The average molecular weight is 495 g/mol. The zero-order valence-corrected chi connectivity index (χ0v) is 21.6. The third kappa shape index (κ3) is 4.82. The van der Waals surface area contributed by atoms with Crippen LogP contribution in [0.15, 0.2) is 67.0 Å². The fourth-order valence-corrected chi connectivity index (χ4v) is 4.41. The molecule has 37 heavy (non-hydrogen) atoms. The Morgan fingerprint density at radius 3 is 2.49 bits per heavy atom. The summed E-state index contributed by atoms with van der Waals surface area (Å²) in [7, 11) is 1.94. The van der Waals surface area contributed by atoms with Gasteiger partial charge in [0.25, 0.3) is 5.91 Å². The van der Waals surface area contributed by atoms with Gasteiger partial charge >= 0.3 is 0 Å². The van der Waals surface area contributed by atoms with Crippen molar-refractivity contribution in [2.45, 2.75) is 33.7 Å². The third-order valence-electron chi connectivity index (χ3n) is 6.55. The fraction of sp³-hybridized carbons (Fsp3) is 0.241. The Morgan fingerprint density at radius 1 is 0.946 bits per heavy atom. The van der Waals surface area contributed by atoms with Crippen LogP contribution >= 0.6 is 0 Å². The fourth-order valence-electron chi connectivity index (χ4n) is 4.41. The minimum absolute atomic E-state index is 0.117. The number of aromatic nitrogens is 4. The molecule has 8 heteroatoms. The van der Waals surface area contributed by atoms with Crippen LogP contribution in [-0.4, -0.2) is 31.0 Å². The van der Waals surface area contributed by atoms with Crippen LogP contribution in [0.1, 0.15) is 48.3 Å². The number of anilines is 1. The van der Waals surface area contributed by atoms with E-state index in [4.69, 9.17) is 0 Å². The Bertz CT molecular complexity index is 1650. The normalized spacial score (nSPS) is 12.3. The summed E-state index contributed by atoms with van der Waals surface area (Å²) in [6, 6.07) is 17.9. The highest BCUT2D eigenvalue weighted by Gasteiger charge is 2.18. The number of hydrogen-bond acceptors (Lipinski definition) is 4. The van der Waals surface area contributed by atoms with Crippen LogP contribution in [0.3, 0.4) is 0 Å². The molecule has 5 rings (SSSR count). The number of rotatable bonds is 6. The van der Waals surface area contributed by atoms with Gasteiger partial charge in [0.2, 0.25) is 11.9 Å². The van der Waals surface area contributed by atoms with E-state index in [-0.39, 0.29) is 29.7 Å².